The van der Waals surface area contributed by atoms with Gasteiger partial charge in [-0.25, -0.2) is 4.39 Å². The summed E-state index contributed by atoms with van der Waals surface area (Å²) >= 11 is 0. The second kappa shape index (κ2) is 4.42. The third kappa shape index (κ3) is 2.05. The lowest BCUT2D eigenvalue weighted by Gasteiger charge is -2.25. The molecule has 2 bridgehead atoms. The first kappa shape index (κ1) is 13.1. The molecule has 0 aliphatic heterocycles. The summed E-state index contributed by atoms with van der Waals surface area (Å²) < 4.78 is 18.6. The monoisotopic (exact) mass is 262 g/mol. The van der Waals surface area contributed by atoms with Crippen molar-refractivity contribution in [2.75, 3.05) is 6.61 Å². The molecule has 0 aromatic rings. The molecule has 0 amide bonds. The van der Waals surface area contributed by atoms with Gasteiger partial charge in [0, 0.05) is 0 Å². The zero-order valence-electron chi connectivity index (χ0n) is 9.95. The van der Waals surface area contributed by atoms with E-state index in [1.165, 1.54) is 0 Å². The summed E-state index contributed by atoms with van der Waals surface area (Å²) in [6.07, 6.45) is 0.549. The van der Waals surface area contributed by atoms with Gasteiger partial charge in [0.15, 0.2) is 6.61 Å². The Hall–Kier alpha value is -1.31. The van der Waals surface area contributed by atoms with Crippen LogP contribution < -0.4 is 0 Å². The summed E-state index contributed by atoms with van der Waals surface area (Å²) in [5.74, 6) is 0.00484. The molecule has 0 radical (unpaired) electrons. The van der Waals surface area contributed by atoms with Crippen LogP contribution in [0.4, 0.5) is 4.39 Å². The molecule has 8 heteroatoms. The quantitative estimate of drug-likeness (QED) is 0.424. The van der Waals surface area contributed by atoms with Gasteiger partial charge in [0.25, 0.3) is 0 Å². The Morgan fingerprint density at radius 3 is 2.22 bits per heavy atom. The highest BCUT2D eigenvalue weighted by molar-refractivity contribution is 4.96. The number of hydrogen-bond acceptors (Lipinski definition) is 5. The third-order valence-corrected chi connectivity index (χ3v) is 4.06. The van der Waals surface area contributed by atoms with Crippen LogP contribution in [0, 0.1) is 32.1 Å². The third-order valence-electron chi connectivity index (χ3n) is 4.06. The molecule has 0 saturated heterocycles. The molecule has 102 valence electrons. The van der Waals surface area contributed by atoms with Crippen LogP contribution in [0.3, 0.4) is 0 Å². The van der Waals surface area contributed by atoms with Crippen LogP contribution >= 0.6 is 0 Å². The Kier molecular flexibility index (Phi) is 3.22. The molecular weight excluding hydrogens is 247 g/mol. The number of hydrogen-bond donors (Lipinski definition) is 0. The summed E-state index contributed by atoms with van der Waals surface area (Å²) in [7, 11) is 0. The number of fused-ring (bicyclic) bond motifs is 2. The number of ether oxygens (including phenoxy) is 1. The fourth-order valence-corrected chi connectivity index (χ4v) is 2.79. The average Bonchev–Trinajstić information content (AvgIpc) is 2.83. The number of alkyl halides is 1. The van der Waals surface area contributed by atoms with Crippen molar-refractivity contribution in [3.63, 3.8) is 0 Å². The Morgan fingerprint density at radius 2 is 1.83 bits per heavy atom. The molecule has 2 saturated carbocycles. The molecule has 4 atom stereocenters. The van der Waals surface area contributed by atoms with Gasteiger partial charge in [0.1, 0.15) is 16.0 Å². The second-order valence-corrected chi connectivity index (χ2v) is 5.32. The first-order chi connectivity index (χ1) is 8.34. The van der Waals surface area contributed by atoms with Crippen LogP contribution in [-0.2, 0) is 4.74 Å². The van der Waals surface area contributed by atoms with E-state index in [9.17, 15) is 24.6 Å². The van der Waals surface area contributed by atoms with Crippen LogP contribution in [-0.4, -0.2) is 34.4 Å². The fourth-order valence-electron chi connectivity index (χ4n) is 2.79. The van der Waals surface area contributed by atoms with E-state index in [1.54, 1.807) is 0 Å². The van der Waals surface area contributed by atoms with Crippen molar-refractivity contribution in [2.45, 2.75) is 44.1 Å². The smallest absolute Gasteiger partial charge is 0.363 e. The van der Waals surface area contributed by atoms with Gasteiger partial charge in [-0.1, -0.05) is 0 Å². The minimum atomic E-state index is -2.32. The average molecular weight is 262 g/mol. The molecule has 0 heterocycles. The molecule has 2 fully saturated rings. The van der Waals surface area contributed by atoms with E-state index in [1.807, 2.05) is 0 Å². The molecule has 0 N–H and O–H groups in total. The van der Waals surface area contributed by atoms with E-state index < -0.39 is 28.3 Å². The normalized spacial score (nSPS) is 34.8. The van der Waals surface area contributed by atoms with Gasteiger partial charge in [-0.2, -0.15) is 0 Å². The number of rotatable bonds is 5. The first-order valence-electron chi connectivity index (χ1n) is 5.89. The SMILES string of the molecule is CC(CO[C@H]1C[C@H]2C[C@@H]1C[C@@H]2F)([N+](=O)[O-])[N+](=O)[O-]. The van der Waals surface area contributed by atoms with Crippen molar-refractivity contribution in [3.05, 3.63) is 20.2 Å². The largest absolute Gasteiger partial charge is 0.478 e. The molecule has 0 unspecified atom stereocenters. The lowest BCUT2D eigenvalue weighted by molar-refractivity contribution is -0.794. The minimum absolute atomic E-state index is 0.0440. The molecule has 2 aliphatic carbocycles. The summed E-state index contributed by atoms with van der Waals surface area (Å²) in [6.45, 7) is 0.357. The van der Waals surface area contributed by atoms with Crippen molar-refractivity contribution in [1.82, 2.24) is 0 Å². The maximum Gasteiger partial charge on any atom is 0.478 e. The predicted molar refractivity (Wildman–Crippen MR) is 57.9 cm³/mol. The lowest BCUT2D eigenvalue weighted by Crippen LogP contribution is -2.48. The van der Waals surface area contributed by atoms with E-state index in [4.69, 9.17) is 4.74 Å². The highest BCUT2D eigenvalue weighted by atomic mass is 19.1. The van der Waals surface area contributed by atoms with E-state index in [0.717, 1.165) is 13.3 Å². The highest BCUT2D eigenvalue weighted by Crippen LogP contribution is 2.47. The van der Waals surface area contributed by atoms with Gasteiger partial charge < -0.3 is 4.74 Å². The Balaban J connectivity index is 1.92. The molecule has 0 aromatic carbocycles. The molecular formula is C10H15FN2O5. The second-order valence-electron chi connectivity index (χ2n) is 5.32. The predicted octanol–water partition coefficient (Wildman–Crippen LogP) is 1.41. The summed E-state index contributed by atoms with van der Waals surface area (Å²) in [5.41, 5.74) is -2.32. The Bertz CT molecular complexity index is 361. The van der Waals surface area contributed by atoms with Gasteiger partial charge in [-0.3, -0.25) is 20.2 Å². The number of halogens is 1. The minimum Gasteiger partial charge on any atom is -0.363 e. The summed E-state index contributed by atoms with van der Waals surface area (Å²) in [6, 6.07) is 0. The van der Waals surface area contributed by atoms with Crippen LogP contribution in [0.25, 0.3) is 0 Å². The lowest BCUT2D eigenvalue weighted by atomic mass is 9.96. The maximum atomic E-state index is 13.3. The maximum absolute atomic E-state index is 13.3. The van der Waals surface area contributed by atoms with Crippen LogP contribution in [0.1, 0.15) is 26.2 Å². The van der Waals surface area contributed by atoms with Crippen molar-refractivity contribution in [1.29, 1.82) is 0 Å². The van der Waals surface area contributed by atoms with Crippen LogP contribution in [0.2, 0.25) is 0 Å². The molecule has 0 spiro atoms. The molecule has 0 aromatic heterocycles. The Morgan fingerprint density at radius 1 is 1.22 bits per heavy atom. The van der Waals surface area contributed by atoms with Gasteiger partial charge in [0.2, 0.25) is 0 Å². The van der Waals surface area contributed by atoms with E-state index in [-0.39, 0.29) is 17.9 Å². The van der Waals surface area contributed by atoms with Crippen LogP contribution in [0.5, 0.6) is 0 Å². The molecule has 7 nitrogen and oxygen atoms in total. The van der Waals surface area contributed by atoms with Crippen molar-refractivity contribution >= 4 is 0 Å². The van der Waals surface area contributed by atoms with Crippen molar-refractivity contribution < 1.29 is 19.0 Å². The summed E-state index contributed by atoms with van der Waals surface area (Å²) in [5, 5.41) is 21.4. The standard InChI is InChI=1S/C10H15FN2O5/c1-10(12(14)15,13(16)17)5-18-9-4-6-2-7(9)3-8(6)11/h6-9H,2-5H2,1H3/t6-,7-,8+,9+/m1/s1. The van der Waals surface area contributed by atoms with Gasteiger partial charge in [-0.05, 0) is 31.1 Å². The number of nitro groups is 2. The first-order valence-corrected chi connectivity index (χ1v) is 5.89. The highest BCUT2D eigenvalue weighted by Gasteiger charge is 2.53. The zero-order chi connectivity index (χ0) is 13.5. The molecule has 2 rings (SSSR count). The van der Waals surface area contributed by atoms with Gasteiger partial charge in [0.05, 0.1) is 13.0 Å². The molecule has 2 aliphatic rings. The van der Waals surface area contributed by atoms with Crippen molar-refractivity contribution in [3.8, 4) is 0 Å². The van der Waals surface area contributed by atoms with Gasteiger partial charge in [-0.15, -0.1) is 0 Å². The van der Waals surface area contributed by atoms with Gasteiger partial charge >= 0.3 is 5.66 Å². The molecule has 18 heavy (non-hydrogen) atoms. The van der Waals surface area contributed by atoms with E-state index in [0.29, 0.717) is 12.8 Å². The topological polar surface area (TPSA) is 95.5 Å². The van der Waals surface area contributed by atoms with E-state index in [2.05, 4.69) is 0 Å². The fraction of sp³-hybridized carbons (Fsp3) is 1.00. The van der Waals surface area contributed by atoms with E-state index >= 15 is 0 Å². The zero-order valence-corrected chi connectivity index (χ0v) is 9.95. The van der Waals surface area contributed by atoms with Crippen molar-refractivity contribution in [2.24, 2.45) is 11.8 Å². The summed E-state index contributed by atoms with van der Waals surface area (Å²) in [4.78, 5) is 19.5. The van der Waals surface area contributed by atoms with Crippen LogP contribution in [0.15, 0.2) is 0 Å². The Labute approximate surface area is 103 Å². The number of nitrogens with zero attached hydrogens (tertiary/aromatic N) is 2.